The lowest BCUT2D eigenvalue weighted by molar-refractivity contribution is -0.120. The van der Waals surface area contributed by atoms with Crippen LogP contribution in [0.5, 0.6) is 0 Å². The molecule has 2 N–H and O–H groups in total. The molecule has 0 spiro atoms. The van der Waals surface area contributed by atoms with Gasteiger partial charge in [-0.1, -0.05) is 12.5 Å². The van der Waals surface area contributed by atoms with Gasteiger partial charge in [0.2, 0.25) is 5.91 Å². The molecule has 0 bridgehead atoms. The predicted octanol–water partition coefficient (Wildman–Crippen LogP) is 1.15. The van der Waals surface area contributed by atoms with E-state index in [1.165, 1.54) is 0 Å². The molecule has 1 saturated carbocycles. The molecular formula is C14H20N2O2. The van der Waals surface area contributed by atoms with Gasteiger partial charge < -0.3 is 10.4 Å². The molecule has 1 heterocycles. The summed E-state index contributed by atoms with van der Waals surface area (Å²) < 4.78 is 0. The van der Waals surface area contributed by atoms with Crippen molar-refractivity contribution in [1.82, 2.24) is 10.3 Å². The minimum atomic E-state index is 0.0114. The van der Waals surface area contributed by atoms with Crippen molar-refractivity contribution in [3.8, 4) is 0 Å². The molecule has 1 aliphatic rings. The first-order valence-electron chi connectivity index (χ1n) is 6.57. The lowest BCUT2D eigenvalue weighted by atomic mass is 9.97. The fraction of sp³-hybridized carbons (Fsp3) is 0.571. The Morgan fingerprint density at radius 2 is 2.22 bits per heavy atom. The van der Waals surface area contributed by atoms with Crippen molar-refractivity contribution in [2.45, 2.75) is 25.7 Å². The molecule has 0 aromatic carbocycles. The zero-order chi connectivity index (χ0) is 12.8. The maximum absolute atomic E-state index is 11.8. The fourth-order valence-corrected chi connectivity index (χ4v) is 2.60. The Morgan fingerprint density at radius 1 is 1.39 bits per heavy atom. The van der Waals surface area contributed by atoms with E-state index in [4.69, 9.17) is 0 Å². The topological polar surface area (TPSA) is 62.2 Å². The second-order valence-corrected chi connectivity index (χ2v) is 4.94. The summed E-state index contributed by atoms with van der Waals surface area (Å²) in [6.45, 7) is 0.914. The van der Waals surface area contributed by atoms with Crippen molar-refractivity contribution in [1.29, 1.82) is 0 Å². The molecule has 4 heteroatoms. The highest BCUT2D eigenvalue weighted by Gasteiger charge is 2.26. The van der Waals surface area contributed by atoms with Gasteiger partial charge in [-0.15, -0.1) is 0 Å². The number of rotatable bonds is 5. The Morgan fingerprint density at radius 3 is 2.94 bits per heavy atom. The fourth-order valence-electron chi connectivity index (χ4n) is 2.60. The second-order valence-electron chi connectivity index (χ2n) is 4.94. The highest BCUT2D eigenvalue weighted by molar-refractivity contribution is 5.78. The molecule has 2 atom stereocenters. The summed E-state index contributed by atoms with van der Waals surface area (Å²) in [6, 6.07) is 5.58. The van der Waals surface area contributed by atoms with E-state index in [2.05, 4.69) is 10.3 Å². The van der Waals surface area contributed by atoms with Crippen molar-refractivity contribution < 1.29 is 9.90 Å². The Labute approximate surface area is 107 Å². The lowest BCUT2D eigenvalue weighted by Gasteiger charge is -2.17. The van der Waals surface area contributed by atoms with Crippen LogP contribution < -0.4 is 5.32 Å². The zero-order valence-electron chi connectivity index (χ0n) is 10.5. The Hall–Kier alpha value is -1.42. The van der Waals surface area contributed by atoms with Crippen molar-refractivity contribution in [3.63, 3.8) is 0 Å². The van der Waals surface area contributed by atoms with Crippen LogP contribution in [-0.2, 0) is 11.2 Å². The van der Waals surface area contributed by atoms with Gasteiger partial charge >= 0.3 is 0 Å². The van der Waals surface area contributed by atoms with Crippen molar-refractivity contribution in [3.05, 3.63) is 30.1 Å². The third-order valence-electron chi connectivity index (χ3n) is 3.68. The largest absolute Gasteiger partial charge is 0.396 e. The number of nitrogens with one attached hydrogen (secondary N) is 1. The molecule has 0 aliphatic heterocycles. The van der Waals surface area contributed by atoms with Gasteiger partial charge in [0.15, 0.2) is 0 Å². The second kappa shape index (κ2) is 6.50. The van der Waals surface area contributed by atoms with Crippen LogP contribution in [0.25, 0.3) is 0 Å². The molecule has 0 radical (unpaired) electrons. The number of nitrogens with zero attached hydrogens (tertiary/aromatic N) is 1. The summed E-state index contributed by atoms with van der Waals surface area (Å²) in [7, 11) is 0. The number of amides is 1. The number of pyridine rings is 1. The standard InChI is InChI=1S/C14H20N2O2/c17-10-12-5-3-4-11(12)9-16-14(18)8-13-6-1-2-7-15-13/h1-2,6-7,11-12,17H,3-5,8-10H2,(H,16,18). The van der Waals surface area contributed by atoms with E-state index < -0.39 is 0 Å². The average Bonchev–Trinajstić information content (AvgIpc) is 2.85. The van der Waals surface area contributed by atoms with Crippen LogP contribution in [0.3, 0.4) is 0 Å². The number of aromatic nitrogens is 1. The molecule has 0 saturated heterocycles. The molecule has 4 nitrogen and oxygen atoms in total. The van der Waals surface area contributed by atoms with Gasteiger partial charge in [0, 0.05) is 25.0 Å². The van der Waals surface area contributed by atoms with Crippen molar-refractivity contribution >= 4 is 5.91 Å². The smallest absolute Gasteiger partial charge is 0.226 e. The van der Waals surface area contributed by atoms with Gasteiger partial charge in [-0.3, -0.25) is 9.78 Å². The highest BCUT2D eigenvalue weighted by atomic mass is 16.3. The molecule has 1 fully saturated rings. The van der Waals surface area contributed by atoms with Gasteiger partial charge in [0.1, 0.15) is 0 Å². The van der Waals surface area contributed by atoms with E-state index in [0.29, 0.717) is 24.8 Å². The maximum atomic E-state index is 11.8. The van der Waals surface area contributed by atoms with Crippen LogP contribution in [0.4, 0.5) is 0 Å². The SMILES string of the molecule is O=C(Cc1ccccn1)NCC1CCCC1CO. The molecule has 1 aromatic heterocycles. The molecule has 98 valence electrons. The Bertz CT molecular complexity index is 381. The first-order chi connectivity index (χ1) is 8.79. The summed E-state index contributed by atoms with van der Waals surface area (Å²) >= 11 is 0. The third-order valence-corrected chi connectivity index (χ3v) is 3.68. The molecule has 2 unspecified atom stereocenters. The third kappa shape index (κ3) is 3.53. The highest BCUT2D eigenvalue weighted by Crippen LogP contribution is 2.30. The van der Waals surface area contributed by atoms with Gasteiger partial charge in [-0.25, -0.2) is 0 Å². The van der Waals surface area contributed by atoms with Crippen molar-refractivity contribution in [2.24, 2.45) is 11.8 Å². The normalized spacial score (nSPS) is 22.9. The number of carbonyl (C=O) groups excluding carboxylic acids is 1. The van der Waals surface area contributed by atoms with Gasteiger partial charge in [0.05, 0.1) is 6.42 Å². The van der Waals surface area contributed by atoms with Gasteiger partial charge in [-0.2, -0.15) is 0 Å². The van der Waals surface area contributed by atoms with Crippen LogP contribution in [0.1, 0.15) is 25.0 Å². The molecule has 1 aliphatic carbocycles. The van der Waals surface area contributed by atoms with E-state index in [1.807, 2.05) is 18.2 Å². The number of hydrogen-bond acceptors (Lipinski definition) is 3. The maximum Gasteiger partial charge on any atom is 0.226 e. The predicted molar refractivity (Wildman–Crippen MR) is 68.9 cm³/mol. The van der Waals surface area contributed by atoms with E-state index >= 15 is 0 Å². The zero-order valence-corrected chi connectivity index (χ0v) is 10.5. The van der Waals surface area contributed by atoms with Crippen LogP contribution in [0.2, 0.25) is 0 Å². The monoisotopic (exact) mass is 248 g/mol. The Kier molecular flexibility index (Phi) is 4.70. The minimum absolute atomic E-state index is 0.0114. The average molecular weight is 248 g/mol. The number of hydrogen-bond donors (Lipinski definition) is 2. The summed E-state index contributed by atoms with van der Waals surface area (Å²) in [4.78, 5) is 15.9. The first-order valence-corrected chi connectivity index (χ1v) is 6.57. The summed E-state index contributed by atoms with van der Waals surface area (Å²) in [5.41, 5.74) is 0.792. The lowest BCUT2D eigenvalue weighted by Crippen LogP contribution is -2.32. The first kappa shape index (κ1) is 13.0. The summed E-state index contributed by atoms with van der Waals surface area (Å²) in [5.74, 6) is 0.806. The molecular weight excluding hydrogens is 228 g/mol. The number of aliphatic hydroxyl groups excluding tert-OH is 1. The van der Waals surface area contributed by atoms with Crippen LogP contribution >= 0.6 is 0 Å². The molecule has 1 aromatic rings. The van der Waals surface area contributed by atoms with Crippen LogP contribution in [0, 0.1) is 11.8 Å². The van der Waals surface area contributed by atoms with Crippen LogP contribution in [-0.4, -0.2) is 29.1 Å². The molecule has 1 amide bonds. The summed E-state index contributed by atoms with van der Waals surface area (Å²) in [6.07, 6.45) is 5.37. The summed E-state index contributed by atoms with van der Waals surface area (Å²) in [5, 5.41) is 12.2. The van der Waals surface area contributed by atoms with Gasteiger partial charge in [-0.05, 0) is 36.8 Å². The van der Waals surface area contributed by atoms with E-state index in [1.54, 1.807) is 6.20 Å². The van der Waals surface area contributed by atoms with Crippen molar-refractivity contribution in [2.75, 3.05) is 13.2 Å². The molecule has 18 heavy (non-hydrogen) atoms. The Balaban J connectivity index is 1.75. The number of carbonyl (C=O) groups is 1. The van der Waals surface area contributed by atoms with Crippen LogP contribution in [0.15, 0.2) is 24.4 Å². The number of aliphatic hydroxyl groups is 1. The van der Waals surface area contributed by atoms with E-state index in [0.717, 1.165) is 25.0 Å². The van der Waals surface area contributed by atoms with E-state index in [9.17, 15) is 9.90 Å². The van der Waals surface area contributed by atoms with E-state index in [-0.39, 0.29) is 12.5 Å². The minimum Gasteiger partial charge on any atom is -0.396 e. The quantitative estimate of drug-likeness (QED) is 0.821. The molecule has 2 rings (SSSR count). The van der Waals surface area contributed by atoms with Gasteiger partial charge in [0.25, 0.3) is 0 Å².